The fraction of sp³-hybridized carbons (Fsp3) is 0.692. The highest BCUT2D eigenvalue weighted by Gasteiger charge is 2.40. The van der Waals surface area contributed by atoms with E-state index in [1.807, 2.05) is 6.20 Å². The molecule has 1 aromatic heterocycles. The molecule has 4 heteroatoms. The van der Waals surface area contributed by atoms with Crippen LogP contribution in [-0.2, 0) is 4.74 Å². The number of hydrogen-bond donors (Lipinski definition) is 1. The van der Waals surface area contributed by atoms with Crippen molar-refractivity contribution >= 4 is 0 Å². The Balaban J connectivity index is 1.62. The fourth-order valence-corrected chi connectivity index (χ4v) is 2.62. The summed E-state index contributed by atoms with van der Waals surface area (Å²) >= 11 is 0. The molecule has 3 unspecified atom stereocenters. The Hall–Kier alpha value is -1.00. The molecule has 0 bridgehead atoms. The molecule has 2 fully saturated rings. The van der Waals surface area contributed by atoms with Gasteiger partial charge in [-0.2, -0.15) is 0 Å². The van der Waals surface area contributed by atoms with Gasteiger partial charge in [0.15, 0.2) is 0 Å². The maximum absolute atomic E-state index is 5.83. The molecular formula is C13H19N3O. The summed E-state index contributed by atoms with van der Waals surface area (Å²) in [5.41, 5.74) is 1.01. The van der Waals surface area contributed by atoms with Gasteiger partial charge in [0.05, 0.1) is 11.8 Å². The highest BCUT2D eigenvalue weighted by Crippen LogP contribution is 2.39. The third kappa shape index (κ3) is 2.48. The van der Waals surface area contributed by atoms with E-state index in [4.69, 9.17) is 4.74 Å². The molecule has 0 amide bonds. The monoisotopic (exact) mass is 233 g/mol. The lowest BCUT2D eigenvalue weighted by Crippen LogP contribution is -2.39. The van der Waals surface area contributed by atoms with Crippen molar-refractivity contribution in [2.24, 2.45) is 5.92 Å². The quantitative estimate of drug-likeness (QED) is 0.859. The molecule has 0 spiro atoms. The molecule has 17 heavy (non-hydrogen) atoms. The van der Waals surface area contributed by atoms with Crippen LogP contribution in [0.15, 0.2) is 18.6 Å². The number of aromatic nitrogens is 2. The van der Waals surface area contributed by atoms with Gasteiger partial charge in [0, 0.05) is 37.3 Å². The Morgan fingerprint density at radius 2 is 2.24 bits per heavy atom. The van der Waals surface area contributed by atoms with Crippen LogP contribution in [0.4, 0.5) is 0 Å². The largest absolute Gasteiger partial charge is 0.376 e. The Bertz CT molecular complexity index is 366. The molecule has 1 aromatic rings. The van der Waals surface area contributed by atoms with Crippen LogP contribution in [0.25, 0.3) is 0 Å². The molecular weight excluding hydrogens is 214 g/mol. The highest BCUT2D eigenvalue weighted by molar-refractivity contribution is 5.03. The van der Waals surface area contributed by atoms with Gasteiger partial charge in [-0.25, -0.2) is 0 Å². The highest BCUT2D eigenvalue weighted by atomic mass is 16.5. The minimum Gasteiger partial charge on any atom is -0.376 e. The van der Waals surface area contributed by atoms with Crippen LogP contribution >= 0.6 is 0 Å². The van der Waals surface area contributed by atoms with Crippen LogP contribution in [-0.4, -0.2) is 28.7 Å². The molecule has 4 nitrogen and oxygen atoms in total. The summed E-state index contributed by atoms with van der Waals surface area (Å²) < 4.78 is 5.83. The van der Waals surface area contributed by atoms with Gasteiger partial charge in [0.2, 0.25) is 0 Å². The first-order chi connectivity index (χ1) is 8.34. The van der Waals surface area contributed by atoms with Crippen molar-refractivity contribution in [2.75, 3.05) is 6.61 Å². The van der Waals surface area contributed by atoms with Crippen molar-refractivity contribution in [3.8, 4) is 0 Å². The summed E-state index contributed by atoms with van der Waals surface area (Å²) in [5.74, 6) is 0.795. The lowest BCUT2D eigenvalue weighted by Gasteiger charge is -2.23. The molecule has 1 N–H and O–H groups in total. The number of nitrogens with one attached hydrogen (secondary N) is 1. The lowest BCUT2D eigenvalue weighted by atomic mass is 10.0. The minimum absolute atomic E-state index is 0.247. The van der Waals surface area contributed by atoms with E-state index in [2.05, 4.69) is 22.2 Å². The smallest absolute Gasteiger partial charge is 0.0757 e. The molecule has 2 aliphatic rings. The van der Waals surface area contributed by atoms with Crippen molar-refractivity contribution in [2.45, 2.75) is 44.4 Å². The standard InChI is InChI=1S/C13H19N3O/c1-9(12-8-14-5-6-15-12)16-11-4-7-17-13(11)10-2-3-10/h5-6,8-11,13,16H,2-4,7H2,1H3. The van der Waals surface area contributed by atoms with Crippen LogP contribution in [0.2, 0.25) is 0 Å². The Labute approximate surface area is 102 Å². The van der Waals surface area contributed by atoms with Gasteiger partial charge in [-0.15, -0.1) is 0 Å². The van der Waals surface area contributed by atoms with Crippen molar-refractivity contribution in [1.29, 1.82) is 0 Å². The second kappa shape index (κ2) is 4.70. The van der Waals surface area contributed by atoms with Gasteiger partial charge in [-0.1, -0.05) is 0 Å². The zero-order chi connectivity index (χ0) is 11.7. The third-order valence-electron chi connectivity index (χ3n) is 3.71. The second-order valence-electron chi connectivity index (χ2n) is 5.09. The van der Waals surface area contributed by atoms with Crippen molar-refractivity contribution in [1.82, 2.24) is 15.3 Å². The maximum Gasteiger partial charge on any atom is 0.0757 e. The first-order valence-corrected chi connectivity index (χ1v) is 6.48. The van der Waals surface area contributed by atoms with Crippen molar-refractivity contribution in [3.05, 3.63) is 24.3 Å². The predicted octanol–water partition coefficient (Wildman–Crippen LogP) is 1.69. The summed E-state index contributed by atoms with van der Waals surface area (Å²) in [6.45, 7) is 3.04. The first kappa shape index (κ1) is 11.1. The van der Waals surface area contributed by atoms with Crippen LogP contribution in [0.5, 0.6) is 0 Å². The summed E-state index contributed by atoms with van der Waals surface area (Å²) in [4.78, 5) is 8.45. The van der Waals surface area contributed by atoms with Gasteiger partial charge in [0.1, 0.15) is 0 Å². The molecule has 0 aromatic carbocycles. The third-order valence-corrected chi connectivity index (χ3v) is 3.71. The Morgan fingerprint density at radius 3 is 2.94 bits per heavy atom. The van der Waals surface area contributed by atoms with Crippen LogP contribution in [0.3, 0.4) is 0 Å². The predicted molar refractivity (Wildman–Crippen MR) is 64.5 cm³/mol. The average molecular weight is 233 g/mol. The molecule has 1 saturated carbocycles. The summed E-state index contributed by atoms with van der Waals surface area (Å²) in [6, 6.07) is 0.733. The topological polar surface area (TPSA) is 47.0 Å². The zero-order valence-electron chi connectivity index (χ0n) is 10.2. The summed E-state index contributed by atoms with van der Waals surface area (Å²) in [5, 5.41) is 3.64. The molecule has 1 aliphatic carbocycles. The molecule has 0 radical (unpaired) electrons. The van der Waals surface area contributed by atoms with Gasteiger partial charge < -0.3 is 10.1 Å². The lowest BCUT2D eigenvalue weighted by molar-refractivity contribution is 0.0792. The van der Waals surface area contributed by atoms with E-state index in [9.17, 15) is 0 Å². The summed E-state index contributed by atoms with van der Waals surface area (Å²) in [7, 11) is 0. The van der Waals surface area contributed by atoms with Crippen LogP contribution in [0, 0.1) is 5.92 Å². The molecule has 92 valence electrons. The van der Waals surface area contributed by atoms with E-state index in [-0.39, 0.29) is 6.04 Å². The number of nitrogens with zero attached hydrogens (tertiary/aromatic N) is 2. The molecule has 3 atom stereocenters. The first-order valence-electron chi connectivity index (χ1n) is 6.48. The van der Waals surface area contributed by atoms with E-state index in [1.165, 1.54) is 12.8 Å². The number of ether oxygens (including phenoxy) is 1. The van der Waals surface area contributed by atoms with Crippen molar-refractivity contribution in [3.63, 3.8) is 0 Å². The van der Waals surface area contributed by atoms with Crippen LogP contribution < -0.4 is 5.32 Å². The molecule has 1 saturated heterocycles. The van der Waals surface area contributed by atoms with Gasteiger partial charge in [-0.3, -0.25) is 9.97 Å². The van der Waals surface area contributed by atoms with E-state index in [0.717, 1.165) is 24.6 Å². The SMILES string of the molecule is CC(NC1CCOC1C1CC1)c1cnccn1. The van der Waals surface area contributed by atoms with Crippen LogP contribution in [0.1, 0.15) is 37.9 Å². The fourth-order valence-electron chi connectivity index (χ4n) is 2.62. The summed E-state index contributed by atoms with van der Waals surface area (Å²) in [6.07, 6.45) is 9.50. The van der Waals surface area contributed by atoms with Gasteiger partial charge >= 0.3 is 0 Å². The molecule has 3 rings (SSSR count). The van der Waals surface area contributed by atoms with Gasteiger partial charge in [0.25, 0.3) is 0 Å². The Morgan fingerprint density at radius 1 is 1.35 bits per heavy atom. The number of hydrogen-bond acceptors (Lipinski definition) is 4. The second-order valence-corrected chi connectivity index (χ2v) is 5.09. The van der Waals surface area contributed by atoms with E-state index in [1.54, 1.807) is 12.4 Å². The van der Waals surface area contributed by atoms with Gasteiger partial charge in [-0.05, 0) is 32.1 Å². The number of rotatable bonds is 4. The minimum atomic E-state index is 0.247. The molecule has 2 heterocycles. The maximum atomic E-state index is 5.83. The van der Waals surface area contributed by atoms with E-state index < -0.39 is 0 Å². The average Bonchev–Trinajstić information content (AvgIpc) is 3.11. The Kier molecular flexibility index (Phi) is 3.07. The zero-order valence-corrected chi connectivity index (χ0v) is 10.2. The van der Waals surface area contributed by atoms with E-state index in [0.29, 0.717) is 12.1 Å². The van der Waals surface area contributed by atoms with Crippen molar-refractivity contribution < 1.29 is 4.74 Å². The molecule has 1 aliphatic heterocycles. The van der Waals surface area contributed by atoms with E-state index >= 15 is 0 Å². The normalized spacial score (nSPS) is 30.4.